The zero-order chi connectivity index (χ0) is 20.5. The van der Waals surface area contributed by atoms with Crippen LogP contribution in [0, 0.1) is 22.7 Å². The zero-order valence-corrected chi connectivity index (χ0v) is 18.5. The van der Waals surface area contributed by atoms with E-state index in [0.717, 1.165) is 25.7 Å². The second-order valence-corrected chi connectivity index (χ2v) is 9.48. The largest absolute Gasteiger partial charge is 0.392 e. The second-order valence-electron chi connectivity index (χ2n) is 9.48. The van der Waals surface area contributed by atoms with Crippen molar-refractivity contribution in [3.05, 3.63) is 23.8 Å². The molecule has 0 saturated heterocycles. The molecular formula is C24H40O4. The molecule has 4 heteroatoms. The lowest BCUT2D eigenvalue weighted by Crippen LogP contribution is -2.57. The lowest BCUT2D eigenvalue weighted by Gasteiger charge is -2.60. The highest BCUT2D eigenvalue weighted by atomic mass is 16.8. The van der Waals surface area contributed by atoms with Crippen molar-refractivity contribution in [2.24, 2.45) is 22.7 Å². The monoisotopic (exact) mass is 392 g/mol. The summed E-state index contributed by atoms with van der Waals surface area (Å²) in [6.07, 6.45) is 7.54. The molecule has 7 atom stereocenters. The van der Waals surface area contributed by atoms with Crippen molar-refractivity contribution in [2.45, 2.75) is 91.8 Å². The van der Waals surface area contributed by atoms with Crippen molar-refractivity contribution in [3.8, 4) is 0 Å². The Labute approximate surface area is 171 Å². The van der Waals surface area contributed by atoms with Crippen LogP contribution in [0.2, 0.25) is 0 Å². The Morgan fingerprint density at radius 3 is 2.64 bits per heavy atom. The Morgan fingerprint density at radius 2 is 1.96 bits per heavy atom. The van der Waals surface area contributed by atoms with E-state index in [-0.39, 0.29) is 29.5 Å². The van der Waals surface area contributed by atoms with Gasteiger partial charge in [-0.15, -0.1) is 0 Å². The third-order valence-corrected chi connectivity index (χ3v) is 8.16. The van der Waals surface area contributed by atoms with E-state index < -0.39 is 0 Å². The number of aliphatic hydroxyl groups is 1. The Morgan fingerprint density at radius 1 is 1.25 bits per heavy atom. The first-order valence-electron chi connectivity index (χ1n) is 11.2. The van der Waals surface area contributed by atoms with Crippen LogP contribution in [0.3, 0.4) is 0 Å². The third kappa shape index (κ3) is 3.74. The summed E-state index contributed by atoms with van der Waals surface area (Å²) in [6, 6.07) is 0. The van der Waals surface area contributed by atoms with Gasteiger partial charge in [0.2, 0.25) is 0 Å². The molecule has 0 aromatic carbocycles. The van der Waals surface area contributed by atoms with Crippen LogP contribution >= 0.6 is 0 Å². The van der Waals surface area contributed by atoms with Gasteiger partial charge in [0.05, 0.1) is 6.10 Å². The highest BCUT2D eigenvalue weighted by Crippen LogP contribution is 2.62. The van der Waals surface area contributed by atoms with E-state index in [2.05, 4.69) is 33.4 Å². The van der Waals surface area contributed by atoms with Crippen molar-refractivity contribution >= 4 is 0 Å². The zero-order valence-electron chi connectivity index (χ0n) is 18.5. The Bertz CT molecular complexity index is 599. The standard InChI is InChI=1S/C24H40O4/c1-7-26-21-15-18(22(28-21)27-8-2)12-13-23(5)17(4)14-20(25)24(6)16(3)10-9-11-19(23)24/h15,17,19-22,25H,3,7-14H2,1-2,4-6H3/t17-,19-,20+,21+,22+,23+,24+/m1/s1. The fraction of sp³-hybridized carbons (Fsp3) is 0.833. The van der Waals surface area contributed by atoms with Gasteiger partial charge >= 0.3 is 0 Å². The van der Waals surface area contributed by atoms with Gasteiger partial charge in [-0.3, -0.25) is 0 Å². The van der Waals surface area contributed by atoms with Gasteiger partial charge in [-0.2, -0.15) is 0 Å². The topological polar surface area (TPSA) is 47.9 Å². The molecule has 3 aliphatic rings. The number of hydrogen-bond acceptors (Lipinski definition) is 4. The summed E-state index contributed by atoms with van der Waals surface area (Å²) in [5, 5.41) is 11.0. The van der Waals surface area contributed by atoms with E-state index in [4.69, 9.17) is 14.2 Å². The van der Waals surface area contributed by atoms with Crippen molar-refractivity contribution in [1.29, 1.82) is 0 Å². The van der Waals surface area contributed by atoms with E-state index in [0.29, 0.717) is 25.0 Å². The van der Waals surface area contributed by atoms with Crippen LogP contribution in [0.25, 0.3) is 0 Å². The van der Waals surface area contributed by atoms with Gasteiger partial charge in [-0.25, -0.2) is 0 Å². The van der Waals surface area contributed by atoms with Crippen molar-refractivity contribution in [1.82, 2.24) is 0 Å². The molecule has 0 spiro atoms. The van der Waals surface area contributed by atoms with Crippen LogP contribution in [0.1, 0.15) is 73.1 Å². The first-order chi connectivity index (χ1) is 13.3. The summed E-state index contributed by atoms with van der Waals surface area (Å²) in [6.45, 7) is 16.7. The highest BCUT2D eigenvalue weighted by molar-refractivity contribution is 5.22. The van der Waals surface area contributed by atoms with Crippen LogP contribution in [-0.2, 0) is 14.2 Å². The first-order valence-corrected chi connectivity index (χ1v) is 11.2. The Kier molecular flexibility index (Phi) is 6.75. The fourth-order valence-electron chi connectivity index (χ4n) is 6.10. The van der Waals surface area contributed by atoms with Gasteiger partial charge in [0.25, 0.3) is 0 Å². The normalized spacial score (nSPS) is 43.7. The fourth-order valence-corrected chi connectivity index (χ4v) is 6.10. The predicted molar refractivity (Wildman–Crippen MR) is 112 cm³/mol. The Balaban J connectivity index is 1.79. The van der Waals surface area contributed by atoms with E-state index in [1.165, 1.54) is 24.0 Å². The summed E-state index contributed by atoms with van der Waals surface area (Å²) in [7, 11) is 0. The molecule has 28 heavy (non-hydrogen) atoms. The maximum Gasteiger partial charge on any atom is 0.183 e. The van der Waals surface area contributed by atoms with E-state index in [9.17, 15) is 5.11 Å². The third-order valence-electron chi connectivity index (χ3n) is 8.16. The number of fused-ring (bicyclic) bond motifs is 1. The average Bonchev–Trinajstić information content (AvgIpc) is 3.03. The molecule has 1 aliphatic heterocycles. The molecule has 0 aromatic heterocycles. The number of aliphatic hydroxyl groups excluding tert-OH is 1. The molecule has 2 aliphatic carbocycles. The maximum absolute atomic E-state index is 11.0. The van der Waals surface area contributed by atoms with Gasteiger partial charge in [0, 0.05) is 18.6 Å². The van der Waals surface area contributed by atoms with Gasteiger partial charge < -0.3 is 19.3 Å². The SMILES string of the molecule is C=C1CCC[C@@H]2[C@@](C)(CCC3=C[C@@H](OCC)O[C@@H]3OCC)[C@H](C)C[C@H](O)[C@@]12C. The Hall–Kier alpha value is -0.680. The minimum atomic E-state index is -0.297. The first kappa shape index (κ1) is 22.0. The highest BCUT2D eigenvalue weighted by Gasteiger charge is 2.57. The lowest BCUT2D eigenvalue weighted by atomic mass is 9.45. The average molecular weight is 393 g/mol. The summed E-state index contributed by atoms with van der Waals surface area (Å²) < 4.78 is 17.4. The van der Waals surface area contributed by atoms with Crippen LogP contribution in [0.4, 0.5) is 0 Å². The minimum absolute atomic E-state index is 0.159. The molecule has 0 radical (unpaired) electrons. The summed E-state index contributed by atoms with van der Waals surface area (Å²) in [5.41, 5.74) is 2.46. The number of hydrogen-bond donors (Lipinski definition) is 1. The van der Waals surface area contributed by atoms with Crippen molar-refractivity contribution in [2.75, 3.05) is 13.2 Å². The maximum atomic E-state index is 11.0. The molecule has 4 nitrogen and oxygen atoms in total. The van der Waals surface area contributed by atoms with Gasteiger partial charge in [-0.1, -0.05) is 32.9 Å². The molecular weight excluding hydrogens is 352 g/mol. The molecule has 0 aromatic rings. The molecule has 0 amide bonds. The molecule has 2 saturated carbocycles. The van der Waals surface area contributed by atoms with Crippen LogP contribution in [-0.4, -0.2) is 37.0 Å². The smallest absolute Gasteiger partial charge is 0.183 e. The van der Waals surface area contributed by atoms with E-state index in [1.54, 1.807) is 0 Å². The van der Waals surface area contributed by atoms with Crippen LogP contribution in [0.5, 0.6) is 0 Å². The van der Waals surface area contributed by atoms with Gasteiger partial charge in [0.15, 0.2) is 12.6 Å². The van der Waals surface area contributed by atoms with Crippen molar-refractivity contribution in [3.63, 3.8) is 0 Å². The number of rotatable bonds is 7. The van der Waals surface area contributed by atoms with E-state index in [1.807, 2.05) is 13.8 Å². The van der Waals surface area contributed by atoms with E-state index >= 15 is 0 Å². The molecule has 1 N–H and O–H groups in total. The molecule has 3 rings (SSSR count). The summed E-state index contributed by atoms with van der Waals surface area (Å²) in [5.74, 6) is 0.943. The summed E-state index contributed by atoms with van der Waals surface area (Å²) >= 11 is 0. The van der Waals surface area contributed by atoms with Crippen LogP contribution < -0.4 is 0 Å². The predicted octanol–water partition coefficient (Wildman–Crippen LogP) is 5.22. The van der Waals surface area contributed by atoms with Crippen molar-refractivity contribution < 1.29 is 19.3 Å². The van der Waals surface area contributed by atoms with Gasteiger partial charge in [0.1, 0.15) is 0 Å². The summed E-state index contributed by atoms with van der Waals surface area (Å²) in [4.78, 5) is 0. The van der Waals surface area contributed by atoms with Crippen LogP contribution in [0.15, 0.2) is 23.8 Å². The van der Waals surface area contributed by atoms with Gasteiger partial charge in [-0.05, 0) is 81.3 Å². The molecule has 1 heterocycles. The molecule has 2 fully saturated rings. The second kappa shape index (κ2) is 8.59. The molecule has 0 bridgehead atoms. The quantitative estimate of drug-likeness (QED) is 0.604. The molecule has 0 unspecified atom stereocenters. The number of ether oxygens (including phenoxy) is 3. The molecule has 160 valence electrons. The lowest BCUT2D eigenvalue weighted by molar-refractivity contribution is -0.194. The minimum Gasteiger partial charge on any atom is -0.392 e.